The van der Waals surface area contributed by atoms with E-state index in [0.717, 1.165) is 48.4 Å². The summed E-state index contributed by atoms with van der Waals surface area (Å²) in [5.41, 5.74) is 9.19. The summed E-state index contributed by atoms with van der Waals surface area (Å²) in [5, 5.41) is 7.65. The van der Waals surface area contributed by atoms with Crippen molar-refractivity contribution < 1.29 is 0 Å². The number of anilines is 2. The summed E-state index contributed by atoms with van der Waals surface area (Å²) in [6.45, 7) is 2.13. The minimum absolute atomic E-state index is 0.150. The Morgan fingerprint density at radius 3 is 2.53 bits per heavy atom. The van der Waals surface area contributed by atoms with E-state index in [1.165, 1.54) is 5.56 Å². The molecule has 4 N–H and O–H groups in total. The van der Waals surface area contributed by atoms with Gasteiger partial charge in [-0.25, -0.2) is 9.97 Å². The number of benzene rings is 1. The van der Waals surface area contributed by atoms with Crippen molar-refractivity contribution in [2.24, 2.45) is 5.73 Å². The summed E-state index contributed by atoms with van der Waals surface area (Å²) >= 11 is 6.50. The van der Waals surface area contributed by atoms with Gasteiger partial charge in [0.15, 0.2) is 0 Å². The molecule has 156 valence electrons. The highest BCUT2D eigenvalue weighted by Gasteiger charge is 2.19. The summed E-state index contributed by atoms with van der Waals surface area (Å²) in [5.74, 6) is 1.66. The molecular weight excluding hydrogens is 394 g/mol. The van der Waals surface area contributed by atoms with Crippen molar-refractivity contribution in [3.63, 3.8) is 0 Å². The molecule has 1 saturated carbocycles. The molecule has 2 heterocycles. The number of nitrogens with zero attached hydrogens (tertiary/aromatic N) is 2. The smallest absolute Gasteiger partial charge is 0.126 e. The molecule has 1 aromatic carbocycles. The van der Waals surface area contributed by atoms with E-state index in [9.17, 15) is 0 Å². The number of nitrogens with two attached hydrogens (primary N) is 1. The Morgan fingerprint density at radius 1 is 1.00 bits per heavy atom. The van der Waals surface area contributed by atoms with Gasteiger partial charge >= 0.3 is 0 Å². The summed E-state index contributed by atoms with van der Waals surface area (Å²) in [4.78, 5) is 8.97. The van der Waals surface area contributed by atoms with E-state index in [1.807, 2.05) is 42.6 Å². The molecule has 30 heavy (non-hydrogen) atoms. The van der Waals surface area contributed by atoms with Gasteiger partial charge in [0.05, 0.1) is 5.02 Å². The molecule has 0 amide bonds. The van der Waals surface area contributed by atoms with E-state index in [4.69, 9.17) is 17.3 Å². The summed E-state index contributed by atoms with van der Waals surface area (Å²) in [6.07, 6.45) is 7.77. The molecule has 0 spiro atoms. The second kappa shape index (κ2) is 9.45. The van der Waals surface area contributed by atoms with Gasteiger partial charge in [-0.15, -0.1) is 0 Å². The van der Waals surface area contributed by atoms with E-state index in [1.54, 1.807) is 6.20 Å². The van der Waals surface area contributed by atoms with Crippen molar-refractivity contribution in [3.8, 4) is 11.1 Å². The molecule has 0 aliphatic heterocycles. The van der Waals surface area contributed by atoms with Crippen LogP contribution in [0.3, 0.4) is 0 Å². The molecular formula is C24H28ClN5. The average Bonchev–Trinajstić information content (AvgIpc) is 2.77. The first kappa shape index (κ1) is 20.6. The van der Waals surface area contributed by atoms with Crippen molar-refractivity contribution in [1.29, 1.82) is 0 Å². The molecule has 0 saturated heterocycles. The Morgan fingerprint density at radius 2 is 1.77 bits per heavy atom. The lowest BCUT2D eigenvalue weighted by Crippen LogP contribution is -2.33. The van der Waals surface area contributed by atoms with Gasteiger partial charge in [-0.2, -0.15) is 0 Å². The second-order valence-corrected chi connectivity index (χ2v) is 8.42. The number of hydrogen-bond acceptors (Lipinski definition) is 5. The summed E-state index contributed by atoms with van der Waals surface area (Å²) in [6, 6.07) is 17.2. The topological polar surface area (TPSA) is 75.9 Å². The van der Waals surface area contributed by atoms with Crippen LogP contribution < -0.4 is 16.4 Å². The fourth-order valence-corrected chi connectivity index (χ4v) is 4.15. The second-order valence-electron chi connectivity index (χ2n) is 8.01. The zero-order valence-corrected chi connectivity index (χ0v) is 17.9. The van der Waals surface area contributed by atoms with Gasteiger partial charge < -0.3 is 16.4 Å². The fourth-order valence-electron chi connectivity index (χ4n) is 3.94. The number of hydrogen-bond donors (Lipinski definition) is 3. The summed E-state index contributed by atoms with van der Waals surface area (Å²) < 4.78 is 0. The highest BCUT2D eigenvalue weighted by atomic mass is 35.5. The normalized spacial score (nSPS) is 19.8. The van der Waals surface area contributed by atoms with Crippen molar-refractivity contribution >= 4 is 23.2 Å². The molecule has 0 radical (unpaired) electrons. The lowest BCUT2D eigenvalue weighted by atomic mass is 9.92. The maximum atomic E-state index is 6.50. The lowest BCUT2D eigenvalue weighted by molar-refractivity contribution is 0.410. The Bertz CT molecular complexity index is 970. The molecule has 0 unspecified atom stereocenters. The predicted octanol–water partition coefficient (Wildman–Crippen LogP) is 5.65. The highest BCUT2D eigenvalue weighted by Crippen LogP contribution is 2.32. The number of rotatable bonds is 6. The maximum absolute atomic E-state index is 6.50. The van der Waals surface area contributed by atoms with Crippen LogP contribution in [0.1, 0.15) is 44.2 Å². The third-order valence-corrected chi connectivity index (χ3v) is 6.02. The SMILES string of the molecule is C[C@@H](Nc1cc(-c2cc(N[C@H]3CC[C@H](N)CC3)ncc2Cl)ccn1)c1ccccc1. The van der Waals surface area contributed by atoms with Gasteiger partial charge in [0.2, 0.25) is 0 Å². The van der Waals surface area contributed by atoms with E-state index in [0.29, 0.717) is 17.1 Å². The van der Waals surface area contributed by atoms with Crippen molar-refractivity contribution in [2.75, 3.05) is 10.6 Å². The standard InChI is InChI=1S/C24H28ClN5/c1-16(17-5-3-2-4-6-17)29-23-13-18(11-12-27-23)21-14-24(28-15-22(21)25)30-20-9-7-19(26)8-10-20/h2-6,11-16,19-20H,7-10,26H2,1H3,(H,27,29)(H,28,30)/t16-,19-,20-/m1/s1. The molecule has 0 bridgehead atoms. The van der Waals surface area contributed by atoms with Gasteiger partial charge in [-0.1, -0.05) is 41.9 Å². The summed E-state index contributed by atoms with van der Waals surface area (Å²) in [7, 11) is 0. The molecule has 3 aromatic rings. The van der Waals surface area contributed by atoms with Gasteiger partial charge in [0.1, 0.15) is 11.6 Å². The number of nitrogens with one attached hydrogen (secondary N) is 2. The van der Waals surface area contributed by atoms with Crippen molar-refractivity contribution in [1.82, 2.24) is 9.97 Å². The van der Waals surface area contributed by atoms with Gasteiger partial charge in [-0.05, 0) is 61.9 Å². The third kappa shape index (κ3) is 5.10. The first-order chi connectivity index (χ1) is 14.6. The van der Waals surface area contributed by atoms with Crippen LogP contribution in [0, 0.1) is 0 Å². The highest BCUT2D eigenvalue weighted by molar-refractivity contribution is 6.33. The number of pyridine rings is 2. The molecule has 1 aliphatic rings. The largest absolute Gasteiger partial charge is 0.367 e. The average molecular weight is 422 g/mol. The Balaban J connectivity index is 1.51. The van der Waals surface area contributed by atoms with Crippen LogP contribution in [-0.2, 0) is 0 Å². The van der Waals surface area contributed by atoms with Crippen LogP contribution in [0.4, 0.5) is 11.6 Å². The fraction of sp³-hybridized carbons (Fsp3) is 0.333. The van der Waals surface area contributed by atoms with Gasteiger partial charge in [0, 0.05) is 36.1 Å². The molecule has 5 nitrogen and oxygen atoms in total. The first-order valence-corrected chi connectivity index (χ1v) is 10.9. The molecule has 2 aromatic heterocycles. The van der Waals surface area contributed by atoms with Crippen LogP contribution in [0.5, 0.6) is 0 Å². The first-order valence-electron chi connectivity index (χ1n) is 10.5. The lowest BCUT2D eigenvalue weighted by Gasteiger charge is -2.27. The molecule has 4 rings (SSSR count). The molecule has 1 aliphatic carbocycles. The van der Waals surface area contributed by atoms with E-state index >= 15 is 0 Å². The van der Waals surface area contributed by atoms with E-state index in [2.05, 4.69) is 39.7 Å². The number of aromatic nitrogens is 2. The van der Waals surface area contributed by atoms with Gasteiger partial charge in [-0.3, -0.25) is 0 Å². The van der Waals surface area contributed by atoms with Crippen molar-refractivity contribution in [2.45, 2.75) is 50.7 Å². The van der Waals surface area contributed by atoms with Crippen LogP contribution in [0.2, 0.25) is 5.02 Å². The third-order valence-electron chi connectivity index (χ3n) is 5.71. The zero-order valence-electron chi connectivity index (χ0n) is 17.2. The van der Waals surface area contributed by atoms with Crippen molar-refractivity contribution in [3.05, 3.63) is 71.5 Å². The van der Waals surface area contributed by atoms with Crippen LogP contribution >= 0.6 is 11.6 Å². The molecule has 1 fully saturated rings. The number of halogens is 1. The van der Waals surface area contributed by atoms with Gasteiger partial charge in [0.25, 0.3) is 0 Å². The van der Waals surface area contributed by atoms with Crippen LogP contribution in [0.25, 0.3) is 11.1 Å². The minimum Gasteiger partial charge on any atom is -0.367 e. The van der Waals surface area contributed by atoms with E-state index < -0.39 is 0 Å². The quantitative estimate of drug-likeness (QED) is 0.479. The monoisotopic (exact) mass is 421 g/mol. The van der Waals surface area contributed by atoms with Crippen LogP contribution in [-0.4, -0.2) is 22.1 Å². The van der Waals surface area contributed by atoms with Crippen LogP contribution in [0.15, 0.2) is 60.9 Å². The maximum Gasteiger partial charge on any atom is 0.126 e. The minimum atomic E-state index is 0.150. The van der Waals surface area contributed by atoms with E-state index in [-0.39, 0.29) is 6.04 Å². The Kier molecular flexibility index (Phi) is 6.50. The molecule has 1 atom stereocenters. The zero-order chi connectivity index (χ0) is 20.9. The molecule has 6 heteroatoms. The predicted molar refractivity (Wildman–Crippen MR) is 125 cm³/mol. The Labute approximate surface area is 183 Å². The Hall–Kier alpha value is -2.63.